The molecule has 1 rings (SSSR count). The minimum atomic E-state index is 0. The van der Waals surface area contributed by atoms with E-state index in [1.807, 2.05) is 0 Å². The number of hydrogen-bond acceptors (Lipinski definition) is 2. The van der Waals surface area contributed by atoms with Gasteiger partial charge in [-0.3, -0.25) is 0 Å². The van der Waals surface area contributed by atoms with Gasteiger partial charge < -0.3 is 10.6 Å². The molecule has 0 saturated carbocycles. The molecule has 0 atom stereocenters. The van der Waals surface area contributed by atoms with Gasteiger partial charge in [0.2, 0.25) is 0 Å². The summed E-state index contributed by atoms with van der Waals surface area (Å²) in [5.74, 6) is 3.33. The van der Waals surface area contributed by atoms with Crippen molar-refractivity contribution in [2.45, 2.75) is 12.8 Å². The SMILES string of the molecule is C#CC1CCN(CCN)CC1.Cl. The Kier molecular flexibility index (Phi) is 6.18. The van der Waals surface area contributed by atoms with E-state index in [-0.39, 0.29) is 12.4 Å². The van der Waals surface area contributed by atoms with Crippen LogP contribution in [0.2, 0.25) is 0 Å². The minimum Gasteiger partial charge on any atom is -0.329 e. The summed E-state index contributed by atoms with van der Waals surface area (Å²) in [5, 5.41) is 0. The number of halogens is 1. The van der Waals surface area contributed by atoms with Crippen LogP contribution in [-0.2, 0) is 0 Å². The molecule has 1 saturated heterocycles. The first kappa shape index (κ1) is 11.8. The van der Waals surface area contributed by atoms with Gasteiger partial charge >= 0.3 is 0 Å². The van der Waals surface area contributed by atoms with Crippen molar-refractivity contribution >= 4 is 12.4 Å². The molecule has 1 aliphatic heterocycles. The number of likely N-dealkylation sites (tertiary alicyclic amines) is 1. The second kappa shape index (κ2) is 6.30. The topological polar surface area (TPSA) is 29.3 Å². The number of nitrogens with zero attached hydrogens (tertiary/aromatic N) is 1. The molecule has 0 aromatic rings. The summed E-state index contributed by atoms with van der Waals surface area (Å²) in [6.07, 6.45) is 7.63. The van der Waals surface area contributed by atoms with Crippen LogP contribution < -0.4 is 5.73 Å². The molecule has 0 aromatic carbocycles. The fourth-order valence-corrected chi connectivity index (χ4v) is 1.51. The highest BCUT2D eigenvalue weighted by atomic mass is 35.5. The zero-order valence-electron chi connectivity index (χ0n) is 7.33. The van der Waals surface area contributed by atoms with Crippen molar-refractivity contribution < 1.29 is 0 Å². The van der Waals surface area contributed by atoms with Crippen LogP contribution >= 0.6 is 12.4 Å². The van der Waals surface area contributed by atoms with Crippen molar-refractivity contribution in [2.24, 2.45) is 11.7 Å². The van der Waals surface area contributed by atoms with Gasteiger partial charge in [0.15, 0.2) is 0 Å². The van der Waals surface area contributed by atoms with Crippen molar-refractivity contribution in [3.8, 4) is 12.3 Å². The quantitative estimate of drug-likeness (QED) is 0.647. The first-order valence-corrected chi connectivity index (χ1v) is 4.25. The van der Waals surface area contributed by atoms with Crippen molar-refractivity contribution in [1.29, 1.82) is 0 Å². The highest BCUT2D eigenvalue weighted by Gasteiger charge is 2.15. The Hall–Kier alpha value is -0.230. The lowest BCUT2D eigenvalue weighted by Crippen LogP contribution is -2.36. The van der Waals surface area contributed by atoms with Gasteiger partial charge in [-0.15, -0.1) is 24.8 Å². The standard InChI is InChI=1S/C9H16N2.ClH/c1-2-9-3-6-11(7-4-9)8-5-10;/h1,9H,3-8,10H2;1H. The van der Waals surface area contributed by atoms with Gasteiger partial charge in [-0.1, -0.05) is 0 Å². The molecule has 1 heterocycles. The molecule has 0 unspecified atom stereocenters. The number of hydrogen-bond donors (Lipinski definition) is 1. The Bertz CT molecular complexity index is 145. The number of nitrogens with two attached hydrogens (primary N) is 1. The van der Waals surface area contributed by atoms with Crippen LogP contribution in [0.5, 0.6) is 0 Å². The second-order valence-corrected chi connectivity index (χ2v) is 3.07. The van der Waals surface area contributed by atoms with Crippen LogP contribution in [0.15, 0.2) is 0 Å². The summed E-state index contributed by atoms with van der Waals surface area (Å²) in [5.41, 5.74) is 5.44. The average Bonchev–Trinajstić information content (AvgIpc) is 2.07. The van der Waals surface area contributed by atoms with E-state index < -0.39 is 0 Å². The van der Waals surface area contributed by atoms with Gasteiger partial charge in [0, 0.05) is 19.0 Å². The van der Waals surface area contributed by atoms with Gasteiger partial charge in [0.1, 0.15) is 0 Å². The van der Waals surface area contributed by atoms with Gasteiger partial charge in [-0.2, -0.15) is 0 Å². The molecule has 1 fully saturated rings. The predicted octanol–water partition coefficient (Wildman–Crippen LogP) is 0.712. The zero-order valence-corrected chi connectivity index (χ0v) is 8.15. The number of piperidine rings is 1. The lowest BCUT2D eigenvalue weighted by atomic mass is 9.98. The summed E-state index contributed by atoms with van der Waals surface area (Å²) in [7, 11) is 0. The van der Waals surface area contributed by atoms with Crippen molar-refractivity contribution in [2.75, 3.05) is 26.2 Å². The summed E-state index contributed by atoms with van der Waals surface area (Å²) >= 11 is 0. The fraction of sp³-hybridized carbons (Fsp3) is 0.778. The van der Waals surface area contributed by atoms with E-state index in [1.165, 1.54) is 0 Å². The maximum absolute atomic E-state index is 5.44. The summed E-state index contributed by atoms with van der Waals surface area (Å²) in [6.45, 7) is 4.05. The van der Waals surface area contributed by atoms with E-state index in [1.54, 1.807) is 0 Å². The van der Waals surface area contributed by atoms with Crippen molar-refractivity contribution in [3.63, 3.8) is 0 Å². The highest BCUT2D eigenvalue weighted by molar-refractivity contribution is 5.85. The van der Waals surface area contributed by atoms with E-state index >= 15 is 0 Å². The molecule has 0 radical (unpaired) electrons. The normalized spacial score (nSPS) is 19.7. The Morgan fingerprint density at radius 2 is 2.00 bits per heavy atom. The number of rotatable bonds is 2. The molecule has 0 bridgehead atoms. The third kappa shape index (κ3) is 3.44. The van der Waals surface area contributed by atoms with E-state index in [2.05, 4.69) is 10.8 Å². The minimum absolute atomic E-state index is 0. The number of terminal acetylenes is 1. The van der Waals surface area contributed by atoms with Crippen LogP contribution in [-0.4, -0.2) is 31.1 Å². The van der Waals surface area contributed by atoms with Gasteiger partial charge in [0.25, 0.3) is 0 Å². The Morgan fingerprint density at radius 3 is 2.42 bits per heavy atom. The monoisotopic (exact) mass is 188 g/mol. The molecule has 3 heteroatoms. The predicted molar refractivity (Wildman–Crippen MR) is 54.3 cm³/mol. The lowest BCUT2D eigenvalue weighted by Gasteiger charge is -2.28. The summed E-state index contributed by atoms with van der Waals surface area (Å²) < 4.78 is 0. The molecule has 0 amide bonds. The smallest absolute Gasteiger partial charge is 0.0224 e. The molecule has 0 spiro atoms. The molecule has 70 valence electrons. The van der Waals surface area contributed by atoms with Crippen molar-refractivity contribution in [1.82, 2.24) is 4.90 Å². The van der Waals surface area contributed by atoms with Crippen LogP contribution in [0.4, 0.5) is 0 Å². The molecule has 2 N–H and O–H groups in total. The lowest BCUT2D eigenvalue weighted by molar-refractivity contribution is 0.212. The molecule has 2 nitrogen and oxygen atoms in total. The maximum atomic E-state index is 5.44. The Morgan fingerprint density at radius 1 is 1.42 bits per heavy atom. The zero-order chi connectivity index (χ0) is 8.10. The molecular formula is C9H17ClN2. The van der Waals surface area contributed by atoms with Gasteiger partial charge in [-0.05, 0) is 25.9 Å². The molecule has 12 heavy (non-hydrogen) atoms. The third-order valence-electron chi connectivity index (χ3n) is 2.27. The first-order chi connectivity index (χ1) is 5.36. The van der Waals surface area contributed by atoms with Gasteiger partial charge in [0.05, 0.1) is 0 Å². The van der Waals surface area contributed by atoms with E-state index in [9.17, 15) is 0 Å². The average molecular weight is 189 g/mol. The van der Waals surface area contributed by atoms with E-state index in [4.69, 9.17) is 12.2 Å². The maximum Gasteiger partial charge on any atom is 0.0224 e. The highest BCUT2D eigenvalue weighted by Crippen LogP contribution is 2.14. The third-order valence-corrected chi connectivity index (χ3v) is 2.27. The molecule has 1 aliphatic rings. The van der Waals surface area contributed by atoms with Crippen LogP contribution in [0.3, 0.4) is 0 Å². The van der Waals surface area contributed by atoms with Crippen LogP contribution in [0, 0.1) is 18.3 Å². The van der Waals surface area contributed by atoms with E-state index in [0.717, 1.165) is 39.0 Å². The second-order valence-electron chi connectivity index (χ2n) is 3.07. The Labute approximate surface area is 80.9 Å². The summed E-state index contributed by atoms with van der Waals surface area (Å²) in [6, 6.07) is 0. The van der Waals surface area contributed by atoms with Crippen LogP contribution in [0.1, 0.15) is 12.8 Å². The molecule has 0 aliphatic carbocycles. The largest absolute Gasteiger partial charge is 0.329 e. The Balaban J connectivity index is 0.00000121. The fourth-order valence-electron chi connectivity index (χ4n) is 1.51. The van der Waals surface area contributed by atoms with Crippen molar-refractivity contribution in [3.05, 3.63) is 0 Å². The van der Waals surface area contributed by atoms with Gasteiger partial charge in [-0.25, -0.2) is 0 Å². The molecule has 0 aromatic heterocycles. The molecular weight excluding hydrogens is 172 g/mol. The first-order valence-electron chi connectivity index (χ1n) is 4.25. The summed E-state index contributed by atoms with van der Waals surface area (Å²) in [4.78, 5) is 2.38. The van der Waals surface area contributed by atoms with Crippen LogP contribution in [0.25, 0.3) is 0 Å². The van der Waals surface area contributed by atoms with E-state index in [0.29, 0.717) is 5.92 Å².